The van der Waals surface area contributed by atoms with Crippen LogP contribution in [-0.4, -0.2) is 11.7 Å². The van der Waals surface area contributed by atoms with Gasteiger partial charge in [-0.25, -0.2) is 13.2 Å². The third-order valence-electron chi connectivity index (χ3n) is 3.27. The molecular weight excluding hydrogens is 231 g/mol. The van der Waals surface area contributed by atoms with E-state index < -0.39 is 29.0 Å². The fraction of sp³-hybridized carbons (Fsp3) is 0.500. The maximum atomic E-state index is 13.5. The lowest BCUT2D eigenvalue weighted by Crippen LogP contribution is -2.33. The highest BCUT2D eigenvalue weighted by Crippen LogP contribution is 2.37. The minimum absolute atomic E-state index is 0.114. The van der Waals surface area contributed by atoms with Gasteiger partial charge < -0.3 is 10.8 Å². The van der Waals surface area contributed by atoms with Gasteiger partial charge in [0.25, 0.3) is 0 Å². The number of benzene rings is 1. The molecule has 0 amide bonds. The molecule has 0 aliphatic carbocycles. The van der Waals surface area contributed by atoms with Crippen LogP contribution in [0.5, 0.6) is 0 Å². The molecular formula is C12H16F3NO. The minimum Gasteiger partial charge on any atom is -0.388 e. The number of hydrogen-bond acceptors (Lipinski definition) is 2. The van der Waals surface area contributed by atoms with Crippen LogP contribution in [0.4, 0.5) is 13.2 Å². The lowest BCUT2D eigenvalue weighted by atomic mass is 9.78. The van der Waals surface area contributed by atoms with Crippen LogP contribution in [-0.2, 0) is 0 Å². The molecule has 0 heterocycles. The Bertz CT molecular complexity index is 405. The summed E-state index contributed by atoms with van der Waals surface area (Å²) in [5.74, 6) is -3.43. The van der Waals surface area contributed by atoms with Crippen molar-refractivity contribution in [1.82, 2.24) is 0 Å². The van der Waals surface area contributed by atoms with Crippen LogP contribution in [0, 0.1) is 22.9 Å². The Hall–Kier alpha value is -1.07. The Morgan fingerprint density at radius 3 is 2.24 bits per heavy atom. The van der Waals surface area contributed by atoms with Crippen LogP contribution < -0.4 is 5.73 Å². The van der Waals surface area contributed by atoms with E-state index >= 15 is 0 Å². The molecule has 0 aliphatic rings. The van der Waals surface area contributed by atoms with E-state index in [2.05, 4.69) is 0 Å². The molecule has 2 atom stereocenters. The Balaban J connectivity index is 3.20. The van der Waals surface area contributed by atoms with E-state index in [-0.39, 0.29) is 12.1 Å². The zero-order chi connectivity index (χ0) is 13.2. The third-order valence-corrected chi connectivity index (χ3v) is 3.27. The quantitative estimate of drug-likeness (QED) is 0.803. The summed E-state index contributed by atoms with van der Waals surface area (Å²) in [6, 6.07) is 1.11. The Morgan fingerprint density at radius 2 is 1.76 bits per heavy atom. The highest BCUT2D eigenvalue weighted by molar-refractivity contribution is 5.24. The maximum absolute atomic E-state index is 13.5. The molecule has 0 fully saturated rings. The Kier molecular flexibility index (Phi) is 4.16. The molecule has 2 unspecified atom stereocenters. The van der Waals surface area contributed by atoms with E-state index in [0.717, 1.165) is 0 Å². The van der Waals surface area contributed by atoms with Crippen molar-refractivity contribution in [2.45, 2.75) is 26.4 Å². The second-order valence-electron chi connectivity index (χ2n) is 4.40. The molecule has 96 valence electrons. The van der Waals surface area contributed by atoms with E-state index in [1.165, 1.54) is 0 Å². The van der Waals surface area contributed by atoms with Crippen molar-refractivity contribution in [3.8, 4) is 0 Å². The van der Waals surface area contributed by atoms with Crippen molar-refractivity contribution in [3.05, 3.63) is 35.1 Å². The second kappa shape index (κ2) is 5.06. The van der Waals surface area contributed by atoms with E-state index in [0.29, 0.717) is 18.6 Å². The summed E-state index contributed by atoms with van der Waals surface area (Å²) in [4.78, 5) is 0. The average Bonchev–Trinajstić information content (AvgIpc) is 2.32. The van der Waals surface area contributed by atoms with Gasteiger partial charge in [-0.3, -0.25) is 0 Å². The molecule has 1 aromatic carbocycles. The highest BCUT2D eigenvalue weighted by Gasteiger charge is 2.33. The first-order valence-corrected chi connectivity index (χ1v) is 5.38. The normalized spacial score (nSPS) is 16.6. The molecule has 3 N–H and O–H groups in total. The molecule has 1 rings (SSSR count). The van der Waals surface area contributed by atoms with Gasteiger partial charge in [0.1, 0.15) is 5.82 Å². The predicted octanol–water partition coefficient (Wildman–Crippen LogP) is 2.51. The van der Waals surface area contributed by atoms with Gasteiger partial charge in [-0.2, -0.15) is 0 Å². The fourth-order valence-corrected chi connectivity index (χ4v) is 1.57. The lowest BCUT2D eigenvalue weighted by Gasteiger charge is -2.32. The van der Waals surface area contributed by atoms with E-state index in [4.69, 9.17) is 5.73 Å². The summed E-state index contributed by atoms with van der Waals surface area (Å²) in [7, 11) is 0. The molecule has 0 radical (unpaired) electrons. The summed E-state index contributed by atoms with van der Waals surface area (Å²) >= 11 is 0. The topological polar surface area (TPSA) is 46.2 Å². The van der Waals surface area contributed by atoms with Crippen molar-refractivity contribution in [2.24, 2.45) is 11.1 Å². The number of aliphatic hydroxyl groups is 1. The average molecular weight is 247 g/mol. The van der Waals surface area contributed by atoms with Crippen molar-refractivity contribution in [1.29, 1.82) is 0 Å². The van der Waals surface area contributed by atoms with Gasteiger partial charge in [0, 0.05) is 23.6 Å². The molecule has 0 saturated heterocycles. The van der Waals surface area contributed by atoms with Gasteiger partial charge in [-0.1, -0.05) is 13.8 Å². The van der Waals surface area contributed by atoms with Crippen LogP contribution >= 0.6 is 0 Å². The van der Waals surface area contributed by atoms with Crippen molar-refractivity contribution >= 4 is 0 Å². The summed E-state index contributed by atoms with van der Waals surface area (Å²) in [6.07, 6.45) is -0.782. The van der Waals surface area contributed by atoms with Crippen LogP contribution in [0.15, 0.2) is 12.1 Å². The fourth-order valence-electron chi connectivity index (χ4n) is 1.57. The second-order valence-corrected chi connectivity index (χ2v) is 4.40. The summed E-state index contributed by atoms with van der Waals surface area (Å²) in [5, 5.41) is 10.0. The van der Waals surface area contributed by atoms with E-state index in [9.17, 15) is 18.3 Å². The number of halogens is 3. The summed E-state index contributed by atoms with van der Waals surface area (Å²) in [5.41, 5.74) is 4.49. The molecule has 0 bridgehead atoms. The SMILES string of the molecule is CCC(C)(CN)C(O)c1cc(F)c(F)cc1F. The zero-order valence-corrected chi connectivity index (χ0v) is 9.80. The first kappa shape index (κ1) is 14.0. The van der Waals surface area contributed by atoms with Crippen LogP contribution in [0.2, 0.25) is 0 Å². The summed E-state index contributed by atoms with van der Waals surface area (Å²) < 4.78 is 39.3. The molecule has 5 heteroatoms. The first-order valence-electron chi connectivity index (χ1n) is 5.38. The van der Waals surface area contributed by atoms with Crippen molar-refractivity contribution in [2.75, 3.05) is 6.54 Å². The van der Waals surface area contributed by atoms with E-state index in [1.807, 2.05) is 0 Å². The molecule has 17 heavy (non-hydrogen) atoms. The summed E-state index contributed by atoms with van der Waals surface area (Å²) in [6.45, 7) is 3.56. The number of hydrogen-bond donors (Lipinski definition) is 2. The van der Waals surface area contributed by atoms with Gasteiger partial charge in [0.05, 0.1) is 6.10 Å². The van der Waals surface area contributed by atoms with Crippen LogP contribution in [0.1, 0.15) is 31.9 Å². The van der Waals surface area contributed by atoms with Gasteiger partial charge in [0.15, 0.2) is 11.6 Å². The monoisotopic (exact) mass is 247 g/mol. The smallest absolute Gasteiger partial charge is 0.161 e. The standard InChI is InChI=1S/C12H16F3NO/c1-3-12(2,6-16)11(17)7-4-9(14)10(15)5-8(7)13/h4-5,11,17H,3,6,16H2,1-2H3. The number of rotatable bonds is 4. The zero-order valence-electron chi connectivity index (χ0n) is 9.80. The molecule has 2 nitrogen and oxygen atoms in total. The minimum atomic E-state index is -1.27. The van der Waals surface area contributed by atoms with Crippen molar-refractivity contribution < 1.29 is 18.3 Å². The first-order chi connectivity index (χ1) is 7.85. The van der Waals surface area contributed by atoms with Gasteiger partial charge in [-0.15, -0.1) is 0 Å². The van der Waals surface area contributed by atoms with Crippen molar-refractivity contribution in [3.63, 3.8) is 0 Å². The Labute approximate surface area is 98.3 Å². The molecule has 1 aromatic rings. The van der Waals surface area contributed by atoms with E-state index in [1.54, 1.807) is 13.8 Å². The molecule has 0 spiro atoms. The lowest BCUT2D eigenvalue weighted by molar-refractivity contribution is 0.0359. The Morgan fingerprint density at radius 1 is 1.24 bits per heavy atom. The van der Waals surface area contributed by atoms with Gasteiger partial charge >= 0.3 is 0 Å². The van der Waals surface area contributed by atoms with Crippen LogP contribution in [0.25, 0.3) is 0 Å². The predicted molar refractivity (Wildman–Crippen MR) is 58.7 cm³/mol. The molecule has 0 aliphatic heterocycles. The highest BCUT2D eigenvalue weighted by atomic mass is 19.2. The maximum Gasteiger partial charge on any atom is 0.161 e. The van der Waals surface area contributed by atoms with Gasteiger partial charge in [-0.05, 0) is 12.5 Å². The molecule has 0 aromatic heterocycles. The van der Waals surface area contributed by atoms with Gasteiger partial charge in [0.2, 0.25) is 0 Å². The number of nitrogens with two attached hydrogens (primary N) is 1. The van der Waals surface area contributed by atoms with Crippen LogP contribution in [0.3, 0.4) is 0 Å². The number of aliphatic hydroxyl groups excluding tert-OH is 1. The third kappa shape index (κ3) is 2.61. The molecule has 0 saturated carbocycles. The largest absolute Gasteiger partial charge is 0.388 e.